The molecule has 0 aliphatic carbocycles. The third kappa shape index (κ3) is 1.63. The molecule has 0 aliphatic heterocycles. The normalized spacial score (nSPS) is 10.4. The molecule has 0 unspecified atom stereocenters. The first-order chi connectivity index (χ1) is 6.92. The second-order valence-electron chi connectivity index (χ2n) is 2.76. The van der Waals surface area contributed by atoms with Crippen LogP contribution in [0.15, 0.2) is 36.7 Å². The van der Waals surface area contributed by atoms with Crippen molar-refractivity contribution in [1.82, 2.24) is 14.8 Å². The first kappa shape index (κ1) is 8.86. The molecule has 2 aromatic rings. The summed E-state index contributed by atoms with van der Waals surface area (Å²) in [5.41, 5.74) is 0.990. The van der Waals surface area contributed by atoms with Crippen LogP contribution in [0.4, 0.5) is 0 Å². The Hall–Kier alpha value is -1.72. The molecule has 2 N–H and O–H groups in total. The molecule has 0 aliphatic rings. The zero-order valence-corrected chi connectivity index (χ0v) is 7.50. The Labute approximate surface area is 81.1 Å². The van der Waals surface area contributed by atoms with Crippen molar-refractivity contribution >= 4 is 0 Å². The van der Waals surface area contributed by atoms with Crippen LogP contribution in [0.2, 0.25) is 0 Å². The third-order valence-corrected chi connectivity index (χ3v) is 1.87. The molecule has 0 amide bonds. The average molecular weight is 190 g/mol. The van der Waals surface area contributed by atoms with Gasteiger partial charge in [0.2, 0.25) is 0 Å². The maximum Gasteiger partial charge on any atom is 0.165 e. The van der Waals surface area contributed by atoms with E-state index in [0.717, 1.165) is 5.69 Å². The summed E-state index contributed by atoms with van der Waals surface area (Å²) < 4.78 is 1.83. The molecule has 0 saturated carbocycles. The predicted octanol–water partition coefficient (Wildman–Crippen LogP) is 0.658. The SMILES string of the molecule is NOCc1nncn1-c1ccccc1. The standard InChI is InChI=1S/C9H10N4O/c10-14-6-9-12-11-7-13(9)8-4-2-1-3-5-8/h1-5,7H,6,10H2. The maximum atomic E-state index is 4.99. The molecule has 5 heteroatoms. The number of nitrogens with two attached hydrogens (primary N) is 1. The van der Waals surface area contributed by atoms with Gasteiger partial charge >= 0.3 is 0 Å². The van der Waals surface area contributed by atoms with Crippen molar-refractivity contribution < 1.29 is 4.84 Å². The van der Waals surface area contributed by atoms with E-state index in [1.165, 1.54) is 0 Å². The minimum Gasteiger partial charge on any atom is -0.296 e. The smallest absolute Gasteiger partial charge is 0.165 e. The Morgan fingerprint density at radius 2 is 2.07 bits per heavy atom. The van der Waals surface area contributed by atoms with Gasteiger partial charge in [0.25, 0.3) is 0 Å². The molecule has 2 rings (SSSR count). The van der Waals surface area contributed by atoms with Gasteiger partial charge in [0, 0.05) is 5.69 Å². The Kier molecular flexibility index (Phi) is 2.53. The largest absolute Gasteiger partial charge is 0.296 e. The number of rotatable bonds is 3. The quantitative estimate of drug-likeness (QED) is 0.722. The van der Waals surface area contributed by atoms with Gasteiger partial charge in [0.15, 0.2) is 5.82 Å². The van der Waals surface area contributed by atoms with Crippen LogP contribution in [0.5, 0.6) is 0 Å². The Bertz CT molecular complexity index is 398. The average Bonchev–Trinajstić information content (AvgIpc) is 2.68. The number of hydrogen-bond donors (Lipinski definition) is 1. The highest BCUT2D eigenvalue weighted by Gasteiger charge is 2.04. The van der Waals surface area contributed by atoms with Gasteiger partial charge in [-0.15, -0.1) is 10.2 Å². The second-order valence-corrected chi connectivity index (χ2v) is 2.76. The molecular formula is C9H10N4O. The van der Waals surface area contributed by atoms with Gasteiger partial charge < -0.3 is 0 Å². The van der Waals surface area contributed by atoms with Gasteiger partial charge in [-0.3, -0.25) is 9.40 Å². The lowest BCUT2D eigenvalue weighted by atomic mass is 10.3. The first-order valence-corrected chi connectivity index (χ1v) is 4.18. The fourth-order valence-corrected chi connectivity index (χ4v) is 1.24. The third-order valence-electron chi connectivity index (χ3n) is 1.87. The summed E-state index contributed by atoms with van der Waals surface area (Å²) in [6.45, 7) is 0.245. The van der Waals surface area contributed by atoms with E-state index >= 15 is 0 Å². The van der Waals surface area contributed by atoms with Gasteiger partial charge in [-0.2, -0.15) is 0 Å². The lowest BCUT2D eigenvalue weighted by Crippen LogP contribution is -2.06. The fraction of sp³-hybridized carbons (Fsp3) is 0.111. The minimum absolute atomic E-state index is 0.245. The van der Waals surface area contributed by atoms with Crippen LogP contribution in [-0.2, 0) is 11.4 Å². The highest BCUT2D eigenvalue weighted by molar-refractivity contribution is 5.31. The summed E-state index contributed by atoms with van der Waals surface area (Å²) in [5, 5.41) is 7.68. The van der Waals surface area contributed by atoms with E-state index in [1.807, 2.05) is 34.9 Å². The summed E-state index contributed by atoms with van der Waals surface area (Å²) in [5.74, 6) is 5.66. The molecule has 0 spiro atoms. The Balaban J connectivity index is 2.37. The van der Waals surface area contributed by atoms with Crippen LogP contribution < -0.4 is 5.90 Å². The van der Waals surface area contributed by atoms with Gasteiger partial charge in [0.1, 0.15) is 12.9 Å². The number of benzene rings is 1. The van der Waals surface area contributed by atoms with Crippen LogP contribution >= 0.6 is 0 Å². The molecule has 1 heterocycles. The van der Waals surface area contributed by atoms with Crippen LogP contribution in [-0.4, -0.2) is 14.8 Å². The monoisotopic (exact) mass is 190 g/mol. The van der Waals surface area contributed by atoms with Gasteiger partial charge in [-0.1, -0.05) is 18.2 Å². The van der Waals surface area contributed by atoms with Gasteiger partial charge in [0.05, 0.1) is 0 Å². The van der Waals surface area contributed by atoms with E-state index in [1.54, 1.807) is 6.33 Å². The van der Waals surface area contributed by atoms with Crippen molar-refractivity contribution in [3.05, 3.63) is 42.5 Å². The summed E-state index contributed by atoms with van der Waals surface area (Å²) in [4.78, 5) is 4.53. The number of aromatic nitrogens is 3. The van der Waals surface area contributed by atoms with Crippen LogP contribution in [0.1, 0.15) is 5.82 Å². The van der Waals surface area contributed by atoms with Crippen molar-refractivity contribution in [3.63, 3.8) is 0 Å². The minimum atomic E-state index is 0.245. The Morgan fingerprint density at radius 1 is 1.29 bits per heavy atom. The molecule has 1 aromatic carbocycles. The summed E-state index contributed by atoms with van der Waals surface area (Å²) in [6.07, 6.45) is 1.63. The van der Waals surface area contributed by atoms with Crippen LogP contribution in [0.25, 0.3) is 5.69 Å². The molecule has 1 aromatic heterocycles. The topological polar surface area (TPSA) is 66.0 Å². The molecule has 0 saturated heterocycles. The van der Waals surface area contributed by atoms with Crippen LogP contribution in [0, 0.1) is 0 Å². The van der Waals surface area contributed by atoms with Crippen molar-refractivity contribution in [1.29, 1.82) is 0 Å². The molecule has 72 valence electrons. The van der Waals surface area contributed by atoms with E-state index in [-0.39, 0.29) is 6.61 Å². The number of nitrogens with zero attached hydrogens (tertiary/aromatic N) is 3. The summed E-state index contributed by atoms with van der Waals surface area (Å²) >= 11 is 0. The van der Waals surface area contributed by atoms with E-state index in [2.05, 4.69) is 15.0 Å². The zero-order valence-electron chi connectivity index (χ0n) is 7.50. The van der Waals surface area contributed by atoms with E-state index in [4.69, 9.17) is 5.90 Å². The predicted molar refractivity (Wildman–Crippen MR) is 50.3 cm³/mol. The van der Waals surface area contributed by atoms with Gasteiger partial charge in [-0.05, 0) is 12.1 Å². The summed E-state index contributed by atoms with van der Waals surface area (Å²) in [6, 6.07) is 9.77. The molecule has 5 nitrogen and oxygen atoms in total. The van der Waals surface area contributed by atoms with Crippen molar-refractivity contribution in [2.45, 2.75) is 6.61 Å². The number of para-hydroxylation sites is 1. The maximum absolute atomic E-state index is 4.99. The van der Waals surface area contributed by atoms with Crippen molar-refractivity contribution in [3.8, 4) is 5.69 Å². The molecule has 0 bridgehead atoms. The lowest BCUT2D eigenvalue weighted by Gasteiger charge is -2.04. The Morgan fingerprint density at radius 3 is 2.79 bits per heavy atom. The molecular weight excluding hydrogens is 180 g/mol. The lowest BCUT2D eigenvalue weighted by molar-refractivity contribution is 0.117. The highest BCUT2D eigenvalue weighted by atomic mass is 16.6. The molecule has 0 atom stereocenters. The molecule has 0 fully saturated rings. The van der Waals surface area contributed by atoms with E-state index in [9.17, 15) is 0 Å². The molecule has 0 radical (unpaired) electrons. The van der Waals surface area contributed by atoms with Gasteiger partial charge in [-0.25, -0.2) is 5.90 Å². The van der Waals surface area contributed by atoms with Crippen molar-refractivity contribution in [2.75, 3.05) is 0 Å². The summed E-state index contributed by atoms with van der Waals surface area (Å²) in [7, 11) is 0. The zero-order chi connectivity index (χ0) is 9.80. The van der Waals surface area contributed by atoms with E-state index in [0.29, 0.717) is 5.82 Å². The van der Waals surface area contributed by atoms with Crippen molar-refractivity contribution in [2.24, 2.45) is 5.90 Å². The first-order valence-electron chi connectivity index (χ1n) is 4.18. The van der Waals surface area contributed by atoms with Crippen LogP contribution in [0.3, 0.4) is 0 Å². The number of hydrogen-bond acceptors (Lipinski definition) is 4. The fourth-order valence-electron chi connectivity index (χ4n) is 1.24. The molecule has 14 heavy (non-hydrogen) atoms. The second kappa shape index (κ2) is 3.99. The van der Waals surface area contributed by atoms with E-state index < -0.39 is 0 Å². The highest BCUT2D eigenvalue weighted by Crippen LogP contribution is 2.08.